The van der Waals surface area contributed by atoms with E-state index < -0.39 is 24.9 Å². The van der Waals surface area contributed by atoms with E-state index in [0.29, 0.717) is 0 Å². The van der Waals surface area contributed by atoms with Crippen LogP contribution in [0.15, 0.2) is 21.7 Å². The zero-order valence-corrected chi connectivity index (χ0v) is 19.1. The monoisotopic (exact) mass is 523 g/mol. The molecule has 0 saturated heterocycles. The van der Waals surface area contributed by atoms with Gasteiger partial charge in [-0.15, -0.1) is 0 Å². The second-order valence-electron chi connectivity index (χ2n) is 5.76. The van der Waals surface area contributed by atoms with Crippen LogP contribution in [-0.2, 0) is 29.3 Å². The van der Waals surface area contributed by atoms with E-state index >= 15 is 0 Å². The van der Waals surface area contributed by atoms with E-state index in [0.717, 1.165) is 12.5 Å². The molecule has 1 rings (SSSR count). The fourth-order valence-corrected chi connectivity index (χ4v) is 18.7. The summed E-state index contributed by atoms with van der Waals surface area (Å²) in [7, 11) is 2.60. The van der Waals surface area contributed by atoms with Crippen LogP contribution in [-0.4, -0.2) is 30.1 Å². The van der Waals surface area contributed by atoms with Gasteiger partial charge < -0.3 is 0 Å². The van der Waals surface area contributed by atoms with Crippen molar-refractivity contribution >= 4 is 8.80 Å². The molecule has 0 heterocycles. The average molecular weight is 524 g/mol. The van der Waals surface area contributed by atoms with Crippen molar-refractivity contribution in [2.24, 2.45) is 0 Å². The normalized spacial score (nSPS) is 16.4. The number of hydrogen-bond acceptors (Lipinski definition) is 3. The Bertz CT molecular complexity index is 391. The Labute approximate surface area is 148 Å². The van der Waals surface area contributed by atoms with Crippen molar-refractivity contribution in [1.29, 1.82) is 0 Å². The Morgan fingerprint density at radius 1 is 0.913 bits per heavy atom. The summed E-state index contributed by atoms with van der Waals surface area (Å²) in [5.41, 5.74) is 1.48. The Hall–Kier alpha value is 0.265. The molecule has 0 aromatic carbocycles. The summed E-state index contributed by atoms with van der Waals surface area (Å²) in [4.78, 5) is 4.37. The second kappa shape index (κ2) is 10.3. The van der Waals surface area contributed by atoms with Gasteiger partial charge in [0, 0.05) is 0 Å². The molecule has 0 atom stereocenters. The van der Waals surface area contributed by atoms with Gasteiger partial charge in [-0.25, -0.2) is 0 Å². The summed E-state index contributed by atoms with van der Waals surface area (Å²) in [6.45, 7) is 7.06. The van der Waals surface area contributed by atoms with Gasteiger partial charge in [0.15, 0.2) is 0 Å². The van der Waals surface area contributed by atoms with E-state index in [9.17, 15) is 0 Å². The molecule has 23 heavy (non-hydrogen) atoms. The van der Waals surface area contributed by atoms with Gasteiger partial charge >= 0.3 is 148 Å². The van der Waals surface area contributed by atoms with E-state index in [1.54, 1.807) is 25.3 Å². The molecule has 0 amide bonds. The summed E-state index contributed by atoms with van der Waals surface area (Å²) in [6.07, 6.45) is 9.78. The Balaban J connectivity index is 3.21. The summed E-state index contributed by atoms with van der Waals surface area (Å²) >= 11 is -1.91. The zero-order chi connectivity index (χ0) is 17.3. The van der Waals surface area contributed by atoms with Gasteiger partial charge in [-0.1, -0.05) is 0 Å². The van der Waals surface area contributed by atoms with Gasteiger partial charge in [0.2, 0.25) is 0 Å². The van der Waals surface area contributed by atoms with Crippen LogP contribution in [0.5, 0.6) is 0 Å². The van der Waals surface area contributed by atoms with E-state index in [1.165, 1.54) is 39.3 Å². The minimum absolute atomic E-state index is 0.824. The maximum atomic E-state index is 5.69. The van der Waals surface area contributed by atoms with E-state index in [-0.39, 0.29) is 0 Å². The molecule has 3 nitrogen and oxygen atoms in total. The molecule has 0 N–H and O–H groups in total. The Morgan fingerprint density at radius 2 is 1.39 bits per heavy atom. The minimum atomic E-state index is -2.55. The fraction of sp³-hybridized carbons (Fsp3) is 0.778. The first-order valence-corrected chi connectivity index (χ1v) is 16.5. The molecule has 0 aromatic rings. The Morgan fingerprint density at radius 3 is 1.78 bits per heavy atom. The van der Waals surface area contributed by atoms with Crippen LogP contribution >= 0.6 is 0 Å². The molecule has 140 valence electrons. The second-order valence-corrected chi connectivity index (χ2v) is 19.3. The molecular formula is C18H36O3PtSi. The standard InChI is InChI=1S/C9H15O3Si.3C3H7.Pt/c1-10-13(11-2,12-3)8-9-6-4-5-7-9;3*1-3-2;/h4,6H,5,8H2,1-3H3;3*1,3H2,2H3;. The van der Waals surface area contributed by atoms with Crippen LogP contribution in [0.1, 0.15) is 46.5 Å². The molecule has 1 aliphatic rings. The SMILES string of the molecule is CC[CH2][Pt]([CH2]CC)([CH2]CC)[C]1=C(C[Si](OC)(OC)OC)C=CC1. The van der Waals surface area contributed by atoms with Gasteiger partial charge in [0.05, 0.1) is 0 Å². The zero-order valence-electron chi connectivity index (χ0n) is 15.9. The molecule has 0 fully saturated rings. The van der Waals surface area contributed by atoms with Gasteiger partial charge in [0.1, 0.15) is 0 Å². The molecule has 0 saturated carbocycles. The van der Waals surface area contributed by atoms with Crippen molar-refractivity contribution in [3.8, 4) is 0 Å². The van der Waals surface area contributed by atoms with Crippen molar-refractivity contribution in [2.75, 3.05) is 21.3 Å². The quantitative estimate of drug-likeness (QED) is 0.307. The summed E-state index contributed by atoms with van der Waals surface area (Å²) in [5, 5.41) is 0. The summed E-state index contributed by atoms with van der Waals surface area (Å²) in [6, 6.07) is 0.824. The van der Waals surface area contributed by atoms with Crippen LogP contribution in [0.4, 0.5) is 0 Å². The van der Waals surface area contributed by atoms with Gasteiger partial charge in [-0.3, -0.25) is 0 Å². The average Bonchev–Trinajstić information content (AvgIpc) is 3.02. The predicted octanol–water partition coefficient (Wildman–Crippen LogP) is 5.72. The molecule has 0 aliphatic heterocycles. The van der Waals surface area contributed by atoms with Crippen molar-refractivity contribution in [3.05, 3.63) is 21.7 Å². The Kier molecular flexibility index (Phi) is 9.54. The van der Waals surface area contributed by atoms with E-state index in [1.807, 2.05) is 0 Å². The van der Waals surface area contributed by atoms with Crippen molar-refractivity contribution in [2.45, 2.75) is 66.9 Å². The van der Waals surface area contributed by atoms with Crippen molar-refractivity contribution in [3.63, 3.8) is 0 Å². The third-order valence-corrected chi connectivity index (χ3v) is 20.8. The van der Waals surface area contributed by atoms with E-state index in [2.05, 4.69) is 32.9 Å². The predicted molar refractivity (Wildman–Crippen MR) is 97.7 cm³/mol. The molecule has 0 aromatic heterocycles. The molecule has 1 aliphatic carbocycles. The first kappa shape index (κ1) is 21.3. The van der Waals surface area contributed by atoms with Crippen LogP contribution in [0.3, 0.4) is 0 Å². The van der Waals surface area contributed by atoms with Gasteiger partial charge in [-0.05, 0) is 0 Å². The molecule has 0 spiro atoms. The third kappa shape index (κ3) is 5.12. The van der Waals surface area contributed by atoms with E-state index in [4.69, 9.17) is 13.3 Å². The van der Waals surface area contributed by atoms with Crippen LogP contribution in [0.25, 0.3) is 0 Å². The van der Waals surface area contributed by atoms with Crippen LogP contribution in [0.2, 0.25) is 20.5 Å². The van der Waals surface area contributed by atoms with Gasteiger partial charge in [-0.2, -0.15) is 0 Å². The molecular weight excluding hydrogens is 487 g/mol. The summed E-state index contributed by atoms with van der Waals surface area (Å²) < 4.78 is 18.9. The first-order chi connectivity index (χ1) is 11.1. The topological polar surface area (TPSA) is 27.7 Å². The first-order valence-electron chi connectivity index (χ1n) is 8.63. The fourth-order valence-electron chi connectivity index (χ4n) is 3.15. The van der Waals surface area contributed by atoms with Crippen LogP contribution in [0, 0.1) is 0 Å². The summed E-state index contributed by atoms with van der Waals surface area (Å²) in [5.74, 6) is 0. The van der Waals surface area contributed by atoms with Crippen LogP contribution < -0.4 is 0 Å². The molecule has 5 heteroatoms. The molecule has 0 radical (unpaired) electrons. The number of rotatable bonds is 12. The molecule has 0 bridgehead atoms. The number of hydrogen-bond donors (Lipinski definition) is 0. The maximum absolute atomic E-state index is 5.69. The number of allylic oxidation sites excluding steroid dienone is 4. The van der Waals surface area contributed by atoms with Crippen molar-refractivity contribution in [1.82, 2.24) is 0 Å². The molecule has 0 unspecified atom stereocenters. The van der Waals surface area contributed by atoms with Gasteiger partial charge in [0.25, 0.3) is 0 Å². The third-order valence-electron chi connectivity index (χ3n) is 4.06. The van der Waals surface area contributed by atoms with Crippen molar-refractivity contribution < 1.29 is 29.3 Å².